The SMILES string of the molecule is CC(C)(C)c1ccc(C(=O)CC(C(=O)c2ccc(C(=O)NCCC(=O)O)cc2)c2ccc(OC(F)(F)F)cc2)cc1. The highest BCUT2D eigenvalue weighted by atomic mass is 19.4. The summed E-state index contributed by atoms with van der Waals surface area (Å²) in [4.78, 5) is 49.8. The molecule has 0 aromatic heterocycles. The minimum absolute atomic E-state index is 0.0657. The van der Waals surface area contributed by atoms with Gasteiger partial charge in [0.15, 0.2) is 11.6 Å². The predicted molar refractivity (Wildman–Crippen MR) is 145 cm³/mol. The predicted octanol–water partition coefficient (Wildman–Crippen LogP) is 6.33. The van der Waals surface area contributed by atoms with E-state index in [1.54, 1.807) is 12.1 Å². The normalized spacial score (nSPS) is 12.3. The summed E-state index contributed by atoms with van der Waals surface area (Å²) in [6, 6.07) is 17.4. The molecule has 0 radical (unpaired) electrons. The van der Waals surface area contributed by atoms with Gasteiger partial charge in [-0.2, -0.15) is 0 Å². The number of alkyl halides is 3. The summed E-state index contributed by atoms with van der Waals surface area (Å²) in [7, 11) is 0. The molecule has 7 nitrogen and oxygen atoms in total. The Morgan fingerprint density at radius 1 is 0.805 bits per heavy atom. The number of hydrogen-bond donors (Lipinski definition) is 2. The second kappa shape index (κ2) is 12.8. The van der Waals surface area contributed by atoms with E-state index in [1.807, 2.05) is 32.9 Å². The van der Waals surface area contributed by atoms with Crippen LogP contribution in [0, 0.1) is 0 Å². The summed E-state index contributed by atoms with van der Waals surface area (Å²) < 4.78 is 41.8. The van der Waals surface area contributed by atoms with Crippen LogP contribution in [0.4, 0.5) is 13.2 Å². The lowest BCUT2D eigenvalue weighted by atomic mass is 9.84. The maximum absolute atomic E-state index is 13.6. The molecule has 41 heavy (non-hydrogen) atoms. The molecule has 0 aliphatic carbocycles. The van der Waals surface area contributed by atoms with Gasteiger partial charge < -0.3 is 15.2 Å². The number of carbonyl (C=O) groups excluding carboxylic acids is 3. The molecular weight excluding hydrogens is 539 g/mol. The van der Waals surface area contributed by atoms with Crippen molar-refractivity contribution in [1.29, 1.82) is 0 Å². The molecule has 2 N–H and O–H groups in total. The van der Waals surface area contributed by atoms with E-state index < -0.39 is 35.7 Å². The molecule has 3 aromatic rings. The fourth-order valence-corrected chi connectivity index (χ4v) is 4.10. The fourth-order valence-electron chi connectivity index (χ4n) is 4.10. The second-order valence-electron chi connectivity index (χ2n) is 10.5. The molecule has 0 fully saturated rings. The summed E-state index contributed by atoms with van der Waals surface area (Å²) in [5.74, 6) is -3.86. The van der Waals surface area contributed by atoms with Crippen LogP contribution < -0.4 is 10.1 Å². The molecule has 1 amide bonds. The Morgan fingerprint density at radius 3 is 1.85 bits per heavy atom. The Bertz CT molecular complexity index is 1390. The lowest BCUT2D eigenvalue weighted by Crippen LogP contribution is -2.26. The van der Waals surface area contributed by atoms with Gasteiger partial charge in [-0.1, -0.05) is 69.3 Å². The number of carboxylic acids is 1. The summed E-state index contributed by atoms with van der Waals surface area (Å²) in [5, 5.41) is 11.2. The highest BCUT2D eigenvalue weighted by Crippen LogP contribution is 2.30. The average Bonchev–Trinajstić information content (AvgIpc) is 2.90. The minimum atomic E-state index is -4.88. The maximum atomic E-state index is 13.6. The average molecular weight is 570 g/mol. The van der Waals surface area contributed by atoms with Crippen molar-refractivity contribution in [2.75, 3.05) is 6.54 Å². The van der Waals surface area contributed by atoms with Gasteiger partial charge in [-0.15, -0.1) is 13.2 Å². The van der Waals surface area contributed by atoms with Gasteiger partial charge in [0, 0.05) is 29.7 Å². The molecule has 0 bridgehead atoms. The summed E-state index contributed by atoms with van der Waals surface area (Å²) >= 11 is 0. The number of hydrogen-bond acceptors (Lipinski definition) is 5. The zero-order valence-corrected chi connectivity index (χ0v) is 22.7. The molecule has 1 atom stereocenters. The number of aliphatic carboxylic acids is 1. The molecule has 3 aromatic carbocycles. The lowest BCUT2D eigenvalue weighted by Gasteiger charge is -2.20. The van der Waals surface area contributed by atoms with Gasteiger partial charge in [-0.05, 0) is 40.8 Å². The van der Waals surface area contributed by atoms with Crippen molar-refractivity contribution in [2.24, 2.45) is 0 Å². The number of nitrogens with one attached hydrogen (secondary N) is 1. The summed E-state index contributed by atoms with van der Waals surface area (Å²) in [6.45, 7) is 6.05. The number of carbonyl (C=O) groups is 4. The molecule has 10 heteroatoms. The van der Waals surface area contributed by atoms with Gasteiger partial charge in [0.2, 0.25) is 0 Å². The number of halogens is 3. The number of benzene rings is 3. The first-order chi connectivity index (χ1) is 19.1. The highest BCUT2D eigenvalue weighted by Gasteiger charge is 2.31. The Labute approximate surface area is 235 Å². The van der Waals surface area contributed by atoms with Crippen LogP contribution >= 0.6 is 0 Å². The first-order valence-corrected chi connectivity index (χ1v) is 12.8. The molecule has 0 aliphatic rings. The van der Waals surface area contributed by atoms with Crippen molar-refractivity contribution in [1.82, 2.24) is 5.32 Å². The molecule has 0 saturated heterocycles. The zero-order chi connectivity index (χ0) is 30.4. The van der Waals surface area contributed by atoms with Crippen molar-refractivity contribution >= 4 is 23.4 Å². The topological polar surface area (TPSA) is 110 Å². The third-order valence-electron chi connectivity index (χ3n) is 6.35. The van der Waals surface area contributed by atoms with Gasteiger partial charge in [0.1, 0.15) is 5.75 Å². The van der Waals surface area contributed by atoms with Crippen LogP contribution in [0.2, 0.25) is 0 Å². The van der Waals surface area contributed by atoms with Crippen molar-refractivity contribution in [3.8, 4) is 5.75 Å². The van der Waals surface area contributed by atoms with E-state index in [1.165, 1.54) is 36.4 Å². The fraction of sp³-hybridized carbons (Fsp3) is 0.290. The van der Waals surface area contributed by atoms with E-state index in [-0.39, 0.29) is 41.7 Å². The smallest absolute Gasteiger partial charge is 0.481 e. The number of ketones is 2. The van der Waals surface area contributed by atoms with Crippen molar-refractivity contribution in [3.63, 3.8) is 0 Å². The van der Waals surface area contributed by atoms with Crippen LogP contribution in [-0.2, 0) is 10.2 Å². The van der Waals surface area contributed by atoms with Gasteiger partial charge in [0.25, 0.3) is 5.91 Å². The minimum Gasteiger partial charge on any atom is -0.481 e. The number of ether oxygens (including phenoxy) is 1. The number of amides is 1. The number of carboxylic acid groups (broad SMARTS) is 1. The summed E-state index contributed by atoms with van der Waals surface area (Å²) in [6.07, 6.45) is -5.37. The van der Waals surface area contributed by atoms with Crippen LogP contribution in [0.25, 0.3) is 0 Å². The zero-order valence-electron chi connectivity index (χ0n) is 22.7. The quantitative estimate of drug-likeness (QED) is 0.261. The van der Waals surface area contributed by atoms with Crippen LogP contribution in [-0.4, -0.2) is 41.5 Å². The number of rotatable bonds is 11. The molecule has 0 spiro atoms. The van der Waals surface area contributed by atoms with E-state index in [4.69, 9.17) is 5.11 Å². The van der Waals surface area contributed by atoms with E-state index in [0.29, 0.717) is 11.1 Å². The van der Waals surface area contributed by atoms with Crippen molar-refractivity contribution in [2.45, 2.75) is 51.3 Å². The van der Waals surface area contributed by atoms with Crippen molar-refractivity contribution < 1.29 is 42.2 Å². The Kier molecular flexibility index (Phi) is 9.70. The molecule has 0 saturated carbocycles. The van der Waals surface area contributed by atoms with Crippen LogP contribution in [0.5, 0.6) is 5.75 Å². The van der Waals surface area contributed by atoms with Crippen LogP contribution in [0.15, 0.2) is 72.8 Å². The van der Waals surface area contributed by atoms with Gasteiger partial charge in [-0.3, -0.25) is 19.2 Å². The first kappa shape index (κ1) is 31.1. The number of Topliss-reactive ketones (excluding diaryl/α,β-unsaturated/α-hetero) is 2. The van der Waals surface area contributed by atoms with E-state index >= 15 is 0 Å². The van der Waals surface area contributed by atoms with Gasteiger partial charge in [0.05, 0.1) is 12.3 Å². The largest absolute Gasteiger partial charge is 0.573 e. The first-order valence-electron chi connectivity index (χ1n) is 12.8. The van der Waals surface area contributed by atoms with Crippen molar-refractivity contribution in [3.05, 3.63) is 101 Å². The monoisotopic (exact) mass is 569 g/mol. The Morgan fingerprint density at radius 2 is 1.34 bits per heavy atom. The van der Waals surface area contributed by atoms with E-state index in [0.717, 1.165) is 17.7 Å². The Hall–Kier alpha value is -4.47. The van der Waals surface area contributed by atoms with Gasteiger partial charge >= 0.3 is 12.3 Å². The van der Waals surface area contributed by atoms with E-state index in [2.05, 4.69) is 10.1 Å². The lowest BCUT2D eigenvalue weighted by molar-refractivity contribution is -0.274. The molecule has 1 unspecified atom stereocenters. The molecule has 0 heterocycles. The Balaban J connectivity index is 1.87. The second-order valence-corrected chi connectivity index (χ2v) is 10.5. The van der Waals surface area contributed by atoms with Gasteiger partial charge in [-0.25, -0.2) is 0 Å². The third kappa shape index (κ3) is 9.02. The summed E-state index contributed by atoms with van der Waals surface area (Å²) in [5.41, 5.74) is 1.99. The molecule has 3 rings (SSSR count). The third-order valence-corrected chi connectivity index (χ3v) is 6.35. The maximum Gasteiger partial charge on any atom is 0.573 e. The molecule has 216 valence electrons. The highest BCUT2D eigenvalue weighted by molar-refractivity contribution is 6.06. The van der Waals surface area contributed by atoms with Crippen LogP contribution in [0.3, 0.4) is 0 Å². The van der Waals surface area contributed by atoms with Crippen LogP contribution in [0.1, 0.15) is 81.7 Å². The molecular formula is C31H30F3NO6. The standard InChI is InChI=1S/C31H30F3NO6/c1-30(2,3)23-12-8-20(9-13-23)26(36)18-25(19-10-14-24(15-11-19)41-31(32,33)34)28(39)21-4-6-22(7-5-21)29(40)35-17-16-27(37)38/h4-15,25H,16-18H2,1-3H3,(H,35,40)(H,37,38). The van der Waals surface area contributed by atoms with E-state index in [9.17, 15) is 32.3 Å². The molecule has 0 aliphatic heterocycles.